The van der Waals surface area contributed by atoms with E-state index in [0.29, 0.717) is 17.4 Å². The van der Waals surface area contributed by atoms with Crippen LogP contribution >= 0.6 is 12.2 Å². The Hall–Kier alpha value is -3.51. The number of hydrogen-bond acceptors (Lipinski definition) is 4. The second kappa shape index (κ2) is 9.32. The van der Waals surface area contributed by atoms with Gasteiger partial charge in [-0.05, 0) is 85.6 Å². The van der Waals surface area contributed by atoms with E-state index in [2.05, 4.69) is 41.6 Å². The van der Waals surface area contributed by atoms with Crippen LogP contribution in [0.5, 0.6) is 0 Å². The lowest BCUT2D eigenvalue weighted by Gasteiger charge is -2.10. The number of benzene rings is 3. The summed E-state index contributed by atoms with van der Waals surface area (Å²) in [6.45, 7) is 6.36. The van der Waals surface area contributed by atoms with Gasteiger partial charge in [-0.3, -0.25) is 10.1 Å². The van der Waals surface area contributed by atoms with Gasteiger partial charge in [0.2, 0.25) is 5.89 Å². The fourth-order valence-corrected chi connectivity index (χ4v) is 3.56. The monoisotopic (exact) mass is 443 g/mol. The minimum Gasteiger partial charge on any atom is -0.436 e. The number of aromatic nitrogens is 1. The molecule has 5 nitrogen and oxygen atoms in total. The molecular formula is C26H25N3O2S. The summed E-state index contributed by atoms with van der Waals surface area (Å²) < 4.78 is 5.94. The van der Waals surface area contributed by atoms with Crippen molar-refractivity contribution in [2.45, 2.75) is 33.1 Å². The van der Waals surface area contributed by atoms with Crippen molar-refractivity contribution in [3.05, 3.63) is 83.4 Å². The maximum absolute atomic E-state index is 12.3. The summed E-state index contributed by atoms with van der Waals surface area (Å²) in [7, 11) is 0. The molecule has 1 amide bonds. The molecule has 0 fully saturated rings. The normalized spacial score (nSPS) is 11.8. The molecule has 0 spiro atoms. The second-order valence-corrected chi connectivity index (χ2v) is 8.32. The van der Waals surface area contributed by atoms with Crippen molar-refractivity contribution >= 4 is 40.0 Å². The van der Waals surface area contributed by atoms with Crippen molar-refractivity contribution < 1.29 is 9.21 Å². The Balaban J connectivity index is 1.43. The predicted octanol–water partition coefficient (Wildman–Crippen LogP) is 6.44. The van der Waals surface area contributed by atoms with Crippen LogP contribution in [0.4, 0.5) is 5.69 Å². The van der Waals surface area contributed by atoms with Gasteiger partial charge in [0, 0.05) is 16.8 Å². The largest absolute Gasteiger partial charge is 0.436 e. The van der Waals surface area contributed by atoms with Crippen LogP contribution in [0.1, 0.15) is 47.7 Å². The fraction of sp³-hybridized carbons (Fsp3) is 0.192. The van der Waals surface area contributed by atoms with Crippen molar-refractivity contribution in [2.24, 2.45) is 0 Å². The lowest BCUT2D eigenvalue weighted by atomic mass is 9.98. The smallest absolute Gasteiger partial charge is 0.257 e. The SMILES string of the molecule is CCC(C)c1ccc2oc(-c3ccc(NC(=S)NC(=O)c4ccc(C)cc4)cc3)nc2c1. The van der Waals surface area contributed by atoms with Crippen LogP contribution in [0, 0.1) is 6.92 Å². The number of nitrogens with one attached hydrogen (secondary N) is 2. The summed E-state index contributed by atoms with van der Waals surface area (Å²) in [6, 6.07) is 21.1. The molecule has 0 aliphatic rings. The van der Waals surface area contributed by atoms with E-state index in [-0.39, 0.29) is 11.0 Å². The zero-order valence-corrected chi connectivity index (χ0v) is 19.1. The predicted molar refractivity (Wildman–Crippen MR) is 133 cm³/mol. The molecule has 0 saturated heterocycles. The van der Waals surface area contributed by atoms with E-state index in [1.807, 2.05) is 49.4 Å². The van der Waals surface area contributed by atoms with E-state index < -0.39 is 0 Å². The van der Waals surface area contributed by atoms with E-state index in [1.54, 1.807) is 12.1 Å². The molecule has 4 rings (SSSR count). The minimum absolute atomic E-state index is 0.239. The Morgan fingerprint density at radius 3 is 2.47 bits per heavy atom. The lowest BCUT2D eigenvalue weighted by molar-refractivity contribution is 0.0977. The van der Waals surface area contributed by atoms with Gasteiger partial charge in [-0.15, -0.1) is 0 Å². The molecule has 0 bridgehead atoms. The molecule has 0 radical (unpaired) electrons. The van der Waals surface area contributed by atoms with E-state index in [1.165, 1.54) is 5.56 Å². The molecule has 6 heteroatoms. The van der Waals surface area contributed by atoms with Gasteiger partial charge in [-0.1, -0.05) is 37.6 Å². The van der Waals surface area contributed by atoms with Crippen LogP contribution in [-0.2, 0) is 0 Å². The molecule has 1 heterocycles. The summed E-state index contributed by atoms with van der Waals surface area (Å²) >= 11 is 5.28. The minimum atomic E-state index is -0.248. The molecule has 4 aromatic rings. The van der Waals surface area contributed by atoms with Crippen molar-refractivity contribution in [1.29, 1.82) is 0 Å². The van der Waals surface area contributed by atoms with Gasteiger partial charge in [0.25, 0.3) is 5.91 Å². The summed E-state index contributed by atoms with van der Waals surface area (Å²) in [5.41, 5.74) is 6.18. The molecule has 1 unspecified atom stereocenters. The Labute approximate surface area is 192 Å². The molecule has 3 aromatic carbocycles. The van der Waals surface area contributed by atoms with Crippen LogP contribution in [0.3, 0.4) is 0 Å². The number of hydrogen-bond donors (Lipinski definition) is 2. The summed E-state index contributed by atoms with van der Waals surface area (Å²) in [4.78, 5) is 17.0. The lowest BCUT2D eigenvalue weighted by Crippen LogP contribution is -2.34. The van der Waals surface area contributed by atoms with Gasteiger partial charge in [-0.25, -0.2) is 4.98 Å². The Bertz CT molecular complexity index is 1260. The number of thiocarbonyl (C=S) groups is 1. The topological polar surface area (TPSA) is 67.2 Å². The third-order valence-corrected chi connectivity index (χ3v) is 5.73. The molecule has 32 heavy (non-hydrogen) atoms. The third kappa shape index (κ3) is 4.86. The number of aryl methyl sites for hydroxylation is 1. The quantitative estimate of drug-likeness (QED) is 0.347. The van der Waals surface area contributed by atoms with Gasteiger partial charge in [0.15, 0.2) is 10.7 Å². The molecule has 0 aliphatic heterocycles. The molecule has 2 N–H and O–H groups in total. The van der Waals surface area contributed by atoms with Crippen molar-refractivity contribution in [3.8, 4) is 11.5 Å². The number of anilines is 1. The number of oxazole rings is 1. The molecule has 0 saturated carbocycles. The average molecular weight is 444 g/mol. The highest BCUT2D eigenvalue weighted by Crippen LogP contribution is 2.28. The Morgan fingerprint density at radius 1 is 1.06 bits per heavy atom. The number of carbonyl (C=O) groups is 1. The van der Waals surface area contributed by atoms with Crippen molar-refractivity contribution in [1.82, 2.24) is 10.3 Å². The Kier molecular flexibility index (Phi) is 6.32. The fourth-order valence-electron chi connectivity index (χ4n) is 3.35. The first kappa shape index (κ1) is 21.7. The molecule has 162 valence electrons. The summed E-state index contributed by atoms with van der Waals surface area (Å²) in [5.74, 6) is 0.811. The van der Waals surface area contributed by atoms with Crippen LogP contribution in [-0.4, -0.2) is 16.0 Å². The van der Waals surface area contributed by atoms with Crippen LogP contribution in [0.2, 0.25) is 0 Å². The highest BCUT2D eigenvalue weighted by atomic mass is 32.1. The maximum Gasteiger partial charge on any atom is 0.257 e. The number of carbonyl (C=O) groups excluding carboxylic acids is 1. The summed E-state index contributed by atoms with van der Waals surface area (Å²) in [5, 5.41) is 5.97. The zero-order valence-electron chi connectivity index (χ0n) is 18.3. The maximum atomic E-state index is 12.3. The van der Waals surface area contributed by atoms with Crippen LogP contribution < -0.4 is 10.6 Å². The van der Waals surface area contributed by atoms with Gasteiger partial charge in [0.05, 0.1) is 0 Å². The zero-order chi connectivity index (χ0) is 22.7. The van der Waals surface area contributed by atoms with Gasteiger partial charge in [0.1, 0.15) is 5.52 Å². The second-order valence-electron chi connectivity index (χ2n) is 7.91. The van der Waals surface area contributed by atoms with Crippen LogP contribution in [0.25, 0.3) is 22.6 Å². The number of fused-ring (bicyclic) bond motifs is 1. The van der Waals surface area contributed by atoms with Crippen molar-refractivity contribution in [3.63, 3.8) is 0 Å². The van der Waals surface area contributed by atoms with Crippen molar-refractivity contribution in [2.75, 3.05) is 5.32 Å². The van der Waals surface area contributed by atoms with E-state index in [0.717, 1.165) is 34.3 Å². The molecule has 1 atom stereocenters. The van der Waals surface area contributed by atoms with E-state index in [9.17, 15) is 4.79 Å². The summed E-state index contributed by atoms with van der Waals surface area (Å²) in [6.07, 6.45) is 1.08. The first-order chi connectivity index (χ1) is 15.4. The standard InChI is InChI=1S/C26H25N3O2S/c1-4-17(3)20-11-14-23-22(15-20)28-25(31-23)19-9-12-21(13-10-19)27-26(32)29-24(30)18-7-5-16(2)6-8-18/h5-15,17H,4H2,1-3H3,(H2,27,29,30,32). The van der Waals surface area contributed by atoms with Gasteiger partial charge >= 0.3 is 0 Å². The van der Waals surface area contributed by atoms with E-state index >= 15 is 0 Å². The van der Waals surface area contributed by atoms with Gasteiger partial charge in [-0.2, -0.15) is 0 Å². The highest BCUT2D eigenvalue weighted by molar-refractivity contribution is 7.80. The van der Waals surface area contributed by atoms with Crippen LogP contribution in [0.15, 0.2) is 71.1 Å². The highest BCUT2D eigenvalue weighted by Gasteiger charge is 2.12. The number of nitrogens with zero attached hydrogens (tertiary/aromatic N) is 1. The van der Waals surface area contributed by atoms with E-state index in [4.69, 9.17) is 16.6 Å². The first-order valence-corrected chi connectivity index (χ1v) is 11.0. The number of rotatable bonds is 5. The molecule has 1 aromatic heterocycles. The average Bonchev–Trinajstić information content (AvgIpc) is 3.22. The Morgan fingerprint density at radius 2 is 1.78 bits per heavy atom. The van der Waals surface area contributed by atoms with Gasteiger partial charge < -0.3 is 9.73 Å². The first-order valence-electron chi connectivity index (χ1n) is 10.6. The molecular weight excluding hydrogens is 418 g/mol. The third-order valence-electron chi connectivity index (χ3n) is 5.52. The molecule has 0 aliphatic carbocycles. The number of amides is 1.